The number of ether oxygens (including phenoxy) is 2. The van der Waals surface area contributed by atoms with Crippen LogP contribution in [0.3, 0.4) is 0 Å². The van der Waals surface area contributed by atoms with Crippen molar-refractivity contribution in [1.29, 1.82) is 0 Å². The van der Waals surface area contributed by atoms with Crippen molar-refractivity contribution in [3.63, 3.8) is 0 Å². The molecule has 1 heterocycles. The topological polar surface area (TPSA) is 117 Å². The molecule has 1 aromatic rings. The molecule has 1 aliphatic heterocycles. The minimum atomic E-state index is -0.524. The van der Waals surface area contributed by atoms with Crippen molar-refractivity contribution in [3.05, 3.63) is 22.2 Å². The molecule has 8 nitrogen and oxygen atoms in total. The third kappa shape index (κ3) is 2.75. The van der Waals surface area contributed by atoms with Crippen LogP contribution in [0.1, 0.15) is 19.3 Å². The number of nitro benzene ring substituents is 1. The molecule has 3 N–H and O–H groups in total. The normalized spacial score (nSPS) is 24.0. The predicted octanol–water partition coefficient (Wildman–Crippen LogP) is 1.18. The average molecular weight is 293 g/mol. The highest BCUT2D eigenvalue weighted by molar-refractivity contribution is 5.96. The first-order valence-electron chi connectivity index (χ1n) is 6.70. The van der Waals surface area contributed by atoms with Gasteiger partial charge in [-0.05, 0) is 19.3 Å². The van der Waals surface area contributed by atoms with Crippen LogP contribution >= 0.6 is 0 Å². The third-order valence-corrected chi connectivity index (χ3v) is 3.61. The van der Waals surface area contributed by atoms with E-state index in [4.69, 9.17) is 15.2 Å². The monoisotopic (exact) mass is 293 g/mol. The summed E-state index contributed by atoms with van der Waals surface area (Å²) >= 11 is 0. The van der Waals surface area contributed by atoms with Gasteiger partial charge in [0.25, 0.3) is 5.91 Å². The molecule has 2 aliphatic rings. The largest absolute Gasteiger partial charge is 0.483 e. The van der Waals surface area contributed by atoms with E-state index in [1.165, 1.54) is 12.1 Å². The van der Waals surface area contributed by atoms with Crippen molar-refractivity contribution in [2.75, 3.05) is 11.9 Å². The number of hydrogen-bond acceptors (Lipinski definition) is 6. The predicted molar refractivity (Wildman–Crippen MR) is 73.5 cm³/mol. The molecule has 1 aliphatic carbocycles. The Bertz CT molecular complexity index is 604. The second kappa shape index (κ2) is 5.21. The molecule has 8 heteroatoms. The molecule has 3 rings (SSSR count). The fourth-order valence-electron chi connectivity index (χ4n) is 2.59. The molecule has 0 saturated heterocycles. The number of carbonyl (C=O) groups excluding carboxylic acids is 1. The molecule has 0 bridgehead atoms. The second-order valence-corrected chi connectivity index (χ2v) is 5.22. The number of hydrogen-bond donors (Lipinski definition) is 2. The highest BCUT2D eigenvalue weighted by Crippen LogP contribution is 2.40. The minimum absolute atomic E-state index is 0.0646. The van der Waals surface area contributed by atoms with E-state index >= 15 is 0 Å². The van der Waals surface area contributed by atoms with Crippen LogP contribution < -0.4 is 20.5 Å². The van der Waals surface area contributed by atoms with Gasteiger partial charge in [0, 0.05) is 12.1 Å². The fourth-order valence-corrected chi connectivity index (χ4v) is 2.59. The van der Waals surface area contributed by atoms with Crippen LogP contribution in [0.25, 0.3) is 0 Å². The molecule has 1 saturated carbocycles. The molecule has 1 aromatic carbocycles. The molecular formula is C13H15N3O5. The van der Waals surface area contributed by atoms with Crippen molar-refractivity contribution >= 4 is 17.3 Å². The molecule has 0 spiro atoms. The van der Waals surface area contributed by atoms with Gasteiger partial charge in [0.1, 0.15) is 6.10 Å². The molecule has 21 heavy (non-hydrogen) atoms. The van der Waals surface area contributed by atoms with Crippen LogP contribution in [-0.2, 0) is 4.79 Å². The number of anilines is 1. The fraction of sp³-hybridized carbons (Fsp3) is 0.462. The van der Waals surface area contributed by atoms with E-state index in [1.807, 2.05) is 0 Å². The Kier molecular flexibility index (Phi) is 3.38. The summed E-state index contributed by atoms with van der Waals surface area (Å²) in [6, 6.07) is 2.78. The Balaban J connectivity index is 1.91. The molecule has 2 atom stereocenters. The van der Waals surface area contributed by atoms with E-state index in [1.54, 1.807) is 0 Å². The van der Waals surface area contributed by atoms with Crippen LogP contribution in [0.2, 0.25) is 0 Å². The first-order valence-corrected chi connectivity index (χ1v) is 6.70. The lowest BCUT2D eigenvalue weighted by atomic mass is 10.2. The third-order valence-electron chi connectivity index (χ3n) is 3.61. The Morgan fingerprint density at radius 1 is 1.43 bits per heavy atom. The first kappa shape index (κ1) is 13.6. The maximum Gasteiger partial charge on any atom is 0.314 e. The lowest BCUT2D eigenvalue weighted by molar-refractivity contribution is -0.386. The highest BCUT2D eigenvalue weighted by atomic mass is 16.6. The smallest absolute Gasteiger partial charge is 0.314 e. The maximum absolute atomic E-state index is 11.3. The van der Waals surface area contributed by atoms with Crippen LogP contribution in [0, 0.1) is 10.1 Å². The zero-order chi connectivity index (χ0) is 15.0. The van der Waals surface area contributed by atoms with Gasteiger partial charge >= 0.3 is 5.69 Å². The number of carbonyl (C=O) groups is 1. The molecule has 112 valence electrons. The van der Waals surface area contributed by atoms with Crippen LogP contribution in [-0.4, -0.2) is 29.6 Å². The number of nitro groups is 1. The van der Waals surface area contributed by atoms with E-state index in [0.717, 1.165) is 12.8 Å². The number of amides is 1. The first-order chi connectivity index (χ1) is 10.0. The van der Waals surface area contributed by atoms with Gasteiger partial charge in [-0.3, -0.25) is 14.9 Å². The van der Waals surface area contributed by atoms with Gasteiger partial charge in [-0.2, -0.15) is 0 Å². The number of benzene rings is 1. The van der Waals surface area contributed by atoms with E-state index in [2.05, 4.69) is 5.32 Å². The molecule has 2 unspecified atom stereocenters. The summed E-state index contributed by atoms with van der Waals surface area (Å²) in [7, 11) is 0. The standard InChI is InChI=1S/C13H15N3O5/c14-7-1-2-8(3-7)21-12-4-9-11(5-10(12)16(18)19)20-6-13(17)15-9/h4-5,7-8H,1-3,6,14H2,(H,15,17). The summed E-state index contributed by atoms with van der Waals surface area (Å²) in [5.41, 5.74) is 6.02. The van der Waals surface area contributed by atoms with Gasteiger partial charge in [-0.25, -0.2) is 0 Å². The zero-order valence-electron chi connectivity index (χ0n) is 11.2. The summed E-state index contributed by atoms with van der Waals surface area (Å²) < 4.78 is 10.9. The second-order valence-electron chi connectivity index (χ2n) is 5.22. The van der Waals surface area contributed by atoms with Gasteiger partial charge in [0.2, 0.25) is 0 Å². The van der Waals surface area contributed by atoms with E-state index in [0.29, 0.717) is 12.1 Å². The average Bonchev–Trinajstić information content (AvgIpc) is 2.83. The van der Waals surface area contributed by atoms with Crippen LogP contribution in [0.5, 0.6) is 11.5 Å². The van der Waals surface area contributed by atoms with Crippen LogP contribution in [0.15, 0.2) is 12.1 Å². The van der Waals surface area contributed by atoms with Crippen molar-refractivity contribution in [3.8, 4) is 11.5 Å². The van der Waals surface area contributed by atoms with Gasteiger partial charge in [-0.15, -0.1) is 0 Å². The highest BCUT2D eigenvalue weighted by Gasteiger charge is 2.29. The molecule has 1 fully saturated rings. The minimum Gasteiger partial charge on any atom is -0.483 e. The number of nitrogens with two attached hydrogens (primary N) is 1. The number of rotatable bonds is 3. The summed E-state index contributed by atoms with van der Waals surface area (Å²) in [6.45, 7) is -0.151. The van der Waals surface area contributed by atoms with Crippen molar-refractivity contribution in [2.24, 2.45) is 5.73 Å². The molecular weight excluding hydrogens is 278 g/mol. The quantitative estimate of drug-likeness (QED) is 0.638. The number of nitrogens with one attached hydrogen (secondary N) is 1. The lowest BCUT2D eigenvalue weighted by Gasteiger charge is -2.20. The van der Waals surface area contributed by atoms with Crippen molar-refractivity contribution < 1.29 is 19.2 Å². The van der Waals surface area contributed by atoms with Crippen LogP contribution in [0.4, 0.5) is 11.4 Å². The maximum atomic E-state index is 11.3. The lowest BCUT2D eigenvalue weighted by Crippen LogP contribution is -2.25. The van der Waals surface area contributed by atoms with E-state index in [9.17, 15) is 14.9 Å². The summed E-state index contributed by atoms with van der Waals surface area (Å²) in [6.07, 6.45) is 2.12. The van der Waals surface area contributed by atoms with Crippen molar-refractivity contribution in [2.45, 2.75) is 31.4 Å². The van der Waals surface area contributed by atoms with Gasteiger partial charge in [0.15, 0.2) is 18.1 Å². The number of fused-ring (bicyclic) bond motifs is 1. The van der Waals surface area contributed by atoms with Crippen molar-refractivity contribution in [1.82, 2.24) is 0 Å². The Morgan fingerprint density at radius 2 is 2.24 bits per heavy atom. The van der Waals surface area contributed by atoms with Gasteiger partial charge < -0.3 is 20.5 Å². The number of nitrogens with zero attached hydrogens (tertiary/aromatic N) is 1. The Labute approximate surface area is 120 Å². The SMILES string of the molecule is NC1CCC(Oc2cc3c(cc2[N+](=O)[O-])OCC(=O)N3)C1. The van der Waals surface area contributed by atoms with Gasteiger partial charge in [0.05, 0.1) is 16.7 Å². The molecule has 0 aromatic heterocycles. The summed E-state index contributed by atoms with van der Waals surface area (Å²) in [5, 5.41) is 13.8. The van der Waals surface area contributed by atoms with Gasteiger partial charge in [-0.1, -0.05) is 0 Å². The summed E-state index contributed by atoms with van der Waals surface area (Å²) in [5.74, 6) is 0.102. The Hall–Kier alpha value is -2.35. The zero-order valence-corrected chi connectivity index (χ0v) is 11.2. The Morgan fingerprint density at radius 3 is 2.90 bits per heavy atom. The summed E-state index contributed by atoms with van der Waals surface area (Å²) in [4.78, 5) is 22.0. The molecule has 1 amide bonds. The molecule has 0 radical (unpaired) electrons. The van der Waals surface area contributed by atoms with E-state index in [-0.39, 0.29) is 41.8 Å². The van der Waals surface area contributed by atoms with E-state index < -0.39 is 4.92 Å².